The molecule has 0 unspecified atom stereocenters. The van der Waals surface area contributed by atoms with Gasteiger partial charge in [0.1, 0.15) is 18.2 Å². The van der Waals surface area contributed by atoms with Gasteiger partial charge in [-0.3, -0.25) is 0 Å². The van der Waals surface area contributed by atoms with E-state index in [1.54, 1.807) is 12.1 Å². The predicted molar refractivity (Wildman–Crippen MR) is 73.4 cm³/mol. The van der Waals surface area contributed by atoms with Crippen LogP contribution in [0, 0.1) is 5.82 Å². The molecule has 0 atom stereocenters. The van der Waals surface area contributed by atoms with Crippen molar-refractivity contribution in [3.05, 3.63) is 60.0 Å². The Labute approximate surface area is 109 Å². The first kappa shape index (κ1) is 11.6. The van der Waals surface area contributed by atoms with E-state index in [4.69, 9.17) is 10.5 Å². The van der Waals surface area contributed by atoms with Gasteiger partial charge >= 0.3 is 0 Å². The third-order valence-electron chi connectivity index (χ3n) is 3.01. The molecular weight excluding hydrogens is 243 g/mol. The molecule has 0 bridgehead atoms. The molecule has 1 aromatic heterocycles. The van der Waals surface area contributed by atoms with Crippen LogP contribution in [-0.4, -0.2) is 4.98 Å². The first-order chi connectivity index (χ1) is 9.24. The van der Waals surface area contributed by atoms with E-state index in [-0.39, 0.29) is 5.82 Å². The maximum absolute atomic E-state index is 13.0. The summed E-state index contributed by atoms with van der Waals surface area (Å²) < 4.78 is 18.6. The fourth-order valence-electron chi connectivity index (χ4n) is 2.12. The van der Waals surface area contributed by atoms with E-state index < -0.39 is 0 Å². The van der Waals surface area contributed by atoms with Crippen LogP contribution in [0.4, 0.5) is 10.1 Å². The Kier molecular flexibility index (Phi) is 2.83. The number of nitrogen functional groups attached to an aromatic ring is 1. The summed E-state index contributed by atoms with van der Waals surface area (Å²) in [5, 5.41) is 0.957. The first-order valence-corrected chi connectivity index (χ1v) is 5.97. The first-order valence-electron chi connectivity index (χ1n) is 5.97. The summed E-state index contributed by atoms with van der Waals surface area (Å²) in [5.74, 6) is 0.194. The van der Waals surface area contributed by atoms with Crippen molar-refractivity contribution < 1.29 is 9.13 Å². The standard InChI is InChI=1S/C15H13FN2O/c16-11-3-1-4-12(7-11)19-9-10-8-18-14-6-2-5-13(17)15(10)14/h1-8,18H,9,17H2. The molecule has 0 aliphatic carbocycles. The summed E-state index contributed by atoms with van der Waals surface area (Å²) >= 11 is 0. The van der Waals surface area contributed by atoms with Crippen molar-refractivity contribution in [2.45, 2.75) is 6.61 Å². The van der Waals surface area contributed by atoms with Gasteiger partial charge in [0.15, 0.2) is 0 Å². The number of halogens is 1. The molecule has 0 saturated carbocycles. The van der Waals surface area contributed by atoms with E-state index in [0.29, 0.717) is 18.0 Å². The van der Waals surface area contributed by atoms with Crippen LogP contribution < -0.4 is 10.5 Å². The fraction of sp³-hybridized carbons (Fsp3) is 0.0667. The quantitative estimate of drug-likeness (QED) is 0.705. The largest absolute Gasteiger partial charge is 0.489 e. The zero-order valence-corrected chi connectivity index (χ0v) is 10.2. The van der Waals surface area contributed by atoms with E-state index in [2.05, 4.69) is 4.98 Å². The number of nitrogens with two attached hydrogens (primary N) is 1. The summed E-state index contributed by atoms with van der Waals surface area (Å²) in [5.41, 5.74) is 8.59. The smallest absolute Gasteiger partial charge is 0.126 e. The van der Waals surface area contributed by atoms with Crippen LogP contribution in [0.1, 0.15) is 5.56 Å². The van der Waals surface area contributed by atoms with Gasteiger partial charge in [0.2, 0.25) is 0 Å². The zero-order valence-electron chi connectivity index (χ0n) is 10.2. The van der Waals surface area contributed by atoms with Gasteiger partial charge < -0.3 is 15.5 Å². The fourth-order valence-corrected chi connectivity index (χ4v) is 2.12. The van der Waals surface area contributed by atoms with Crippen molar-refractivity contribution in [3.63, 3.8) is 0 Å². The normalized spacial score (nSPS) is 10.8. The van der Waals surface area contributed by atoms with E-state index >= 15 is 0 Å². The Balaban J connectivity index is 1.86. The number of H-pyrrole nitrogens is 1. The minimum atomic E-state index is -0.309. The topological polar surface area (TPSA) is 51.0 Å². The lowest BCUT2D eigenvalue weighted by atomic mass is 10.1. The lowest BCUT2D eigenvalue weighted by Crippen LogP contribution is -1.96. The molecule has 1 heterocycles. The van der Waals surface area contributed by atoms with Gasteiger partial charge in [-0.15, -0.1) is 0 Å². The molecule has 0 fully saturated rings. The number of benzene rings is 2. The van der Waals surface area contributed by atoms with E-state index in [1.807, 2.05) is 24.4 Å². The molecule has 2 aromatic carbocycles. The van der Waals surface area contributed by atoms with Crippen molar-refractivity contribution in [1.29, 1.82) is 0 Å². The monoisotopic (exact) mass is 256 g/mol. The van der Waals surface area contributed by atoms with Crippen LogP contribution in [0.25, 0.3) is 10.9 Å². The van der Waals surface area contributed by atoms with E-state index in [0.717, 1.165) is 16.5 Å². The highest BCUT2D eigenvalue weighted by atomic mass is 19.1. The number of rotatable bonds is 3. The average molecular weight is 256 g/mol. The van der Waals surface area contributed by atoms with Crippen LogP contribution in [-0.2, 0) is 6.61 Å². The molecule has 3 N–H and O–H groups in total. The summed E-state index contributed by atoms with van der Waals surface area (Å²) in [7, 11) is 0. The van der Waals surface area contributed by atoms with Crippen molar-refractivity contribution in [1.82, 2.24) is 4.98 Å². The number of aromatic nitrogens is 1. The van der Waals surface area contributed by atoms with Gasteiger partial charge in [0.05, 0.1) is 0 Å². The maximum Gasteiger partial charge on any atom is 0.126 e. The molecule has 96 valence electrons. The summed E-state index contributed by atoms with van der Waals surface area (Å²) in [6.45, 7) is 0.345. The Hall–Kier alpha value is -2.49. The highest BCUT2D eigenvalue weighted by Gasteiger charge is 2.07. The van der Waals surface area contributed by atoms with Gasteiger partial charge in [-0.2, -0.15) is 0 Å². The third-order valence-corrected chi connectivity index (χ3v) is 3.01. The van der Waals surface area contributed by atoms with Gasteiger partial charge in [-0.1, -0.05) is 12.1 Å². The molecule has 4 heteroatoms. The number of nitrogens with one attached hydrogen (secondary N) is 1. The number of hydrogen-bond acceptors (Lipinski definition) is 2. The number of hydrogen-bond donors (Lipinski definition) is 2. The van der Waals surface area contributed by atoms with Crippen molar-refractivity contribution in [3.8, 4) is 5.75 Å². The average Bonchev–Trinajstić information content (AvgIpc) is 2.81. The number of aromatic amines is 1. The number of ether oxygens (including phenoxy) is 1. The van der Waals surface area contributed by atoms with Gasteiger partial charge in [0, 0.05) is 34.4 Å². The molecule has 0 spiro atoms. The van der Waals surface area contributed by atoms with Crippen LogP contribution in [0.2, 0.25) is 0 Å². The number of fused-ring (bicyclic) bond motifs is 1. The van der Waals surface area contributed by atoms with Crippen molar-refractivity contribution in [2.24, 2.45) is 0 Å². The Morgan fingerprint density at radius 2 is 2.00 bits per heavy atom. The van der Waals surface area contributed by atoms with Crippen molar-refractivity contribution >= 4 is 16.6 Å². The Morgan fingerprint density at radius 3 is 2.84 bits per heavy atom. The second-order valence-corrected chi connectivity index (χ2v) is 4.33. The van der Waals surface area contributed by atoms with E-state index in [1.165, 1.54) is 12.1 Å². The molecule has 19 heavy (non-hydrogen) atoms. The highest BCUT2D eigenvalue weighted by molar-refractivity contribution is 5.93. The highest BCUT2D eigenvalue weighted by Crippen LogP contribution is 2.25. The lowest BCUT2D eigenvalue weighted by Gasteiger charge is -2.06. The second-order valence-electron chi connectivity index (χ2n) is 4.33. The summed E-state index contributed by atoms with van der Waals surface area (Å²) in [4.78, 5) is 3.14. The molecule has 0 aliphatic heterocycles. The van der Waals surface area contributed by atoms with Crippen LogP contribution in [0.3, 0.4) is 0 Å². The minimum Gasteiger partial charge on any atom is -0.489 e. The van der Waals surface area contributed by atoms with Crippen molar-refractivity contribution in [2.75, 3.05) is 5.73 Å². The third kappa shape index (κ3) is 2.25. The molecule has 0 amide bonds. The van der Waals surface area contributed by atoms with Crippen LogP contribution in [0.5, 0.6) is 5.75 Å². The molecule has 3 nitrogen and oxygen atoms in total. The van der Waals surface area contributed by atoms with Gasteiger partial charge in [0.25, 0.3) is 0 Å². The molecule has 0 radical (unpaired) electrons. The van der Waals surface area contributed by atoms with Gasteiger partial charge in [-0.25, -0.2) is 4.39 Å². The van der Waals surface area contributed by atoms with Gasteiger partial charge in [-0.05, 0) is 24.3 Å². The SMILES string of the molecule is Nc1cccc2[nH]cc(COc3cccc(F)c3)c12. The molecular formula is C15H13FN2O. The molecule has 0 saturated heterocycles. The Bertz CT molecular complexity index is 721. The molecule has 0 aliphatic rings. The van der Waals surface area contributed by atoms with Crippen LogP contribution >= 0.6 is 0 Å². The van der Waals surface area contributed by atoms with Crippen LogP contribution in [0.15, 0.2) is 48.7 Å². The Morgan fingerprint density at radius 1 is 1.16 bits per heavy atom. The maximum atomic E-state index is 13.0. The zero-order chi connectivity index (χ0) is 13.2. The second kappa shape index (κ2) is 4.65. The summed E-state index contributed by atoms with van der Waals surface area (Å²) in [6, 6.07) is 11.8. The number of anilines is 1. The summed E-state index contributed by atoms with van der Waals surface area (Å²) in [6.07, 6.45) is 1.86. The van der Waals surface area contributed by atoms with E-state index in [9.17, 15) is 4.39 Å². The predicted octanol–water partition coefficient (Wildman–Crippen LogP) is 3.47. The molecule has 3 aromatic rings. The minimum absolute atomic E-state index is 0.309. The molecule has 3 rings (SSSR count). The lowest BCUT2D eigenvalue weighted by molar-refractivity contribution is 0.306.